The van der Waals surface area contributed by atoms with Crippen LogP contribution in [0.4, 0.5) is 5.69 Å². The lowest BCUT2D eigenvalue weighted by Crippen LogP contribution is -2.44. The molecule has 1 atom stereocenters. The van der Waals surface area contributed by atoms with Crippen molar-refractivity contribution >= 4 is 28.9 Å². The Bertz CT molecular complexity index is 600. The second-order valence-electron chi connectivity index (χ2n) is 6.12. The summed E-state index contributed by atoms with van der Waals surface area (Å²) in [5.74, 6) is -0.0328. The van der Waals surface area contributed by atoms with E-state index >= 15 is 0 Å². The molecule has 2 N–H and O–H groups in total. The fourth-order valence-electron chi connectivity index (χ4n) is 3.21. The summed E-state index contributed by atoms with van der Waals surface area (Å²) in [7, 11) is 0. The van der Waals surface area contributed by atoms with Crippen LogP contribution in [0.2, 0.25) is 0 Å². The van der Waals surface area contributed by atoms with Gasteiger partial charge >= 0.3 is 0 Å². The van der Waals surface area contributed by atoms with E-state index in [2.05, 4.69) is 21.6 Å². The number of thiocarbonyl (C=S) groups is 1. The summed E-state index contributed by atoms with van der Waals surface area (Å²) in [4.78, 5) is 13.5. The van der Waals surface area contributed by atoms with Crippen molar-refractivity contribution in [1.82, 2.24) is 10.2 Å². The zero-order valence-corrected chi connectivity index (χ0v) is 14.2. The highest BCUT2D eigenvalue weighted by Crippen LogP contribution is 2.26. The maximum absolute atomic E-state index is 11.3. The summed E-state index contributed by atoms with van der Waals surface area (Å²) in [5.41, 5.74) is 3.37. The lowest BCUT2D eigenvalue weighted by molar-refractivity contribution is -0.114. The number of hydrogen-bond acceptors (Lipinski definition) is 3. The molecule has 1 aromatic carbocycles. The predicted molar refractivity (Wildman–Crippen MR) is 94.4 cm³/mol. The second-order valence-corrected chi connectivity index (χ2v) is 6.50. The molecule has 0 aliphatic carbocycles. The Morgan fingerprint density at radius 3 is 3.09 bits per heavy atom. The van der Waals surface area contributed by atoms with Crippen LogP contribution in [-0.2, 0) is 22.5 Å². The van der Waals surface area contributed by atoms with E-state index in [1.54, 1.807) is 6.92 Å². The highest BCUT2D eigenvalue weighted by atomic mass is 32.1. The minimum atomic E-state index is -0.0328. The van der Waals surface area contributed by atoms with Crippen LogP contribution in [0.15, 0.2) is 18.2 Å². The van der Waals surface area contributed by atoms with Crippen LogP contribution in [0.3, 0.4) is 0 Å². The van der Waals surface area contributed by atoms with Crippen molar-refractivity contribution in [3.8, 4) is 0 Å². The Balaban J connectivity index is 1.61. The van der Waals surface area contributed by atoms with Crippen molar-refractivity contribution in [2.75, 3.05) is 25.0 Å². The van der Waals surface area contributed by atoms with Crippen LogP contribution in [-0.4, -0.2) is 41.7 Å². The van der Waals surface area contributed by atoms with Crippen molar-refractivity contribution in [2.24, 2.45) is 0 Å². The summed E-state index contributed by atoms with van der Waals surface area (Å²) < 4.78 is 5.62. The van der Waals surface area contributed by atoms with E-state index in [1.165, 1.54) is 11.1 Å². The molecule has 1 fully saturated rings. The number of nitrogens with one attached hydrogen (secondary N) is 2. The Kier molecular flexibility index (Phi) is 5.13. The molecule has 2 aliphatic rings. The standard InChI is InChI=1S/C17H23N3O2S/c1-12(21)19-16-6-2-4-13-11-20(8-7-15(13)16)17(23)18-10-14-5-3-9-22-14/h2,4,6,14H,3,5,7-11H2,1H3,(H,18,23)(H,19,21)/t14-/m1/s1. The van der Waals surface area contributed by atoms with Crippen molar-refractivity contribution in [1.29, 1.82) is 0 Å². The molecule has 23 heavy (non-hydrogen) atoms. The molecule has 0 saturated carbocycles. The van der Waals surface area contributed by atoms with E-state index in [0.717, 1.165) is 56.3 Å². The number of fused-ring (bicyclic) bond motifs is 1. The number of amides is 1. The third kappa shape index (κ3) is 4.00. The maximum Gasteiger partial charge on any atom is 0.221 e. The molecule has 2 aliphatic heterocycles. The topological polar surface area (TPSA) is 53.6 Å². The lowest BCUT2D eigenvalue weighted by atomic mass is 9.98. The smallest absolute Gasteiger partial charge is 0.221 e. The van der Waals surface area contributed by atoms with Crippen LogP contribution < -0.4 is 10.6 Å². The SMILES string of the molecule is CC(=O)Nc1cccc2c1CCN(C(=S)NC[C@H]1CCCO1)C2. The highest BCUT2D eigenvalue weighted by Gasteiger charge is 2.22. The van der Waals surface area contributed by atoms with E-state index < -0.39 is 0 Å². The summed E-state index contributed by atoms with van der Waals surface area (Å²) in [6, 6.07) is 6.05. The van der Waals surface area contributed by atoms with E-state index in [0.29, 0.717) is 0 Å². The number of benzene rings is 1. The van der Waals surface area contributed by atoms with Crippen LogP contribution in [0.5, 0.6) is 0 Å². The first-order valence-corrected chi connectivity index (χ1v) is 8.57. The quantitative estimate of drug-likeness (QED) is 0.829. The third-order valence-corrected chi connectivity index (χ3v) is 4.77. The number of ether oxygens (including phenoxy) is 1. The maximum atomic E-state index is 11.3. The molecule has 3 rings (SSSR count). The van der Waals surface area contributed by atoms with Gasteiger partial charge in [0.25, 0.3) is 0 Å². The molecule has 0 bridgehead atoms. The zero-order chi connectivity index (χ0) is 16.2. The number of anilines is 1. The van der Waals surface area contributed by atoms with Crippen molar-refractivity contribution in [3.05, 3.63) is 29.3 Å². The Hall–Kier alpha value is -1.66. The van der Waals surface area contributed by atoms with E-state index in [1.807, 2.05) is 12.1 Å². The van der Waals surface area contributed by atoms with Crippen LogP contribution in [0, 0.1) is 0 Å². The first kappa shape index (κ1) is 16.2. The van der Waals surface area contributed by atoms with Gasteiger partial charge in [-0.15, -0.1) is 0 Å². The summed E-state index contributed by atoms with van der Waals surface area (Å²) >= 11 is 5.53. The average molecular weight is 333 g/mol. The Morgan fingerprint density at radius 1 is 1.48 bits per heavy atom. The van der Waals surface area contributed by atoms with E-state index in [4.69, 9.17) is 17.0 Å². The first-order chi connectivity index (χ1) is 11.1. The van der Waals surface area contributed by atoms with E-state index in [9.17, 15) is 4.79 Å². The first-order valence-electron chi connectivity index (χ1n) is 8.16. The van der Waals surface area contributed by atoms with Crippen LogP contribution >= 0.6 is 12.2 Å². The molecule has 1 amide bonds. The van der Waals surface area contributed by atoms with Gasteiger partial charge in [0.15, 0.2) is 5.11 Å². The molecule has 2 heterocycles. The predicted octanol–water partition coefficient (Wildman–Crippen LogP) is 2.06. The molecule has 0 aromatic heterocycles. The summed E-state index contributed by atoms with van der Waals surface area (Å²) in [5, 5.41) is 7.04. The van der Waals surface area contributed by atoms with Gasteiger partial charge < -0.3 is 20.3 Å². The van der Waals surface area contributed by atoms with Crippen molar-refractivity contribution in [3.63, 3.8) is 0 Å². The second kappa shape index (κ2) is 7.27. The molecule has 1 aromatic rings. The molecule has 5 nitrogen and oxygen atoms in total. The van der Waals surface area contributed by atoms with E-state index in [-0.39, 0.29) is 12.0 Å². The summed E-state index contributed by atoms with van der Waals surface area (Å²) in [6.45, 7) is 4.83. The molecular formula is C17H23N3O2S. The fourth-order valence-corrected chi connectivity index (χ4v) is 3.45. The van der Waals surface area contributed by atoms with Crippen molar-refractivity contribution < 1.29 is 9.53 Å². The molecule has 0 radical (unpaired) electrons. The normalized spacial score (nSPS) is 20.0. The lowest BCUT2D eigenvalue weighted by Gasteiger charge is -2.32. The summed E-state index contributed by atoms with van der Waals surface area (Å²) in [6.07, 6.45) is 3.42. The van der Waals surface area contributed by atoms with Gasteiger partial charge in [0.1, 0.15) is 0 Å². The Labute approximate surface area is 142 Å². The zero-order valence-electron chi connectivity index (χ0n) is 13.4. The molecule has 0 spiro atoms. The monoisotopic (exact) mass is 333 g/mol. The average Bonchev–Trinajstić information content (AvgIpc) is 3.05. The minimum Gasteiger partial charge on any atom is -0.376 e. The van der Waals surface area contributed by atoms with Crippen LogP contribution in [0.25, 0.3) is 0 Å². The number of rotatable bonds is 3. The third-order valence-electron chi connectivity index (χ3n) is 4.37. The van der Waals surface area contributed by atoms with Crippen molar-refractivity contribution in [2.45, 2.75) is 38.8 Å². The van der Waals surface area contributed by atoms with Gasteiger partial charge in [-0.1, -0.05) is 12.1 Å². The van der Waals surface area contributed by atoms with Gasteiger partial charge in [-0.3, -0.25) is 4.79 Å². The number of carbonyl (C=O) groups is 1. The molecular weight excluding hydrogens is 310 g/mol. The molecule has 1 saturated heterocycles. The number of nitrogens with zero attached hydrogens (tertiary/aromatic N) is 1. The van der Waals surface area contributed by atoms with Gasteiger partial charge in [-0.25, -0.2) is 0 Å². The van der Waals surface area contributed by atoms with Gasteiger partial charge in [-0.05, 0) is 48.7 Å². The van der Waals surface area contributed by atoms with Gasteiger partial charge in [0.2, 0.25) is 5.91 Å². The Morgan fingerprint density at radius 2 is 2.35 bits per heavy atom. The molecule has 0 unspecified atom stereocenters. The molecule has 124 valence electrons. The van der Waals surface area contributed by atoms with Crippen LogP contribution in [0.1, 0.15) is 30.9 Å². The highest BCUT2D eigenvalue weighted by molar-refractivity contribution is 7.80. The van der Waals surface area contributed by atoms with Gasteiger partial charge in [0.05, 0.1) is 6.10 Å². The number of carbonyl (C=O) groups excluding carboxylic acids is 1. The number of hydrogen-bond donors (Lipinski definition) is 2. The molecule has 6 heteroatoms. The van der Waals surface area contributed by atoms with Gasteiger partial charge in [-0.2, -0.15) is 0 Å². The largest absolute Gasteiger partial charge is 0.376 e. The van der Waals surface area contributed by atoms with Gasteiger partial charge in [0, 0.05) is 38.9 Å². The fraction of sp³-hybridized carbons (Fsp3) is 0.529. The minimum absolute atomic E-state index is 0.0328.